The van der Waals surface area contributed by atoms with Crippen molar-refractivity contribution >= 4 is 23.4 Å². The van der Waals surface area contributed by atoms with Gasteiger partial charge in [-0.2, -0.15) is 0 Å². The first kappa shape index (κ1) is 26.4. The number of amides is 1. The zero-order valence-corrected chi connectivity index (χ0v) is 21.6. The fourth-order valence-electron chi connectivity index (χ4n) is 5.08. The highest BCUT2D eigenvalue weighted by Crippen LogP contribution is 2.41. The first-order valence-electron chi connectivity index (χ1n) is 12.3. The molecule has 37 heavy (non-hydrogen) atoms. The molecule has 2 fully saturated rings. The number of esters is 1. The number of nitrogens with zero attached hydrogens (tertiary/aromatic N) is 2. The van der Waals surface area contributed by atoms with Crippen molar-refractivity contribution in [3.05, 3.63) is 57.9 Å². The van der Waals surface area contributed by atoms with Crippen LogP contribution in [0.1, 0.15) is 45.3 Å². The van der Waals surface area contributed by atoms with Gasteiger partial charge < -0.3 is 29.2 Å². The Morgan fingerprint density at radius 1 is 1.11 bits per heavy atom. The Morgan fingerprint density at radius 2 is 1.78 bits per heavy atom. The van der Waals surface area contributed by atoms with Gasteiger partial charge in [0.15, 0.2) is 0 Å². The number of aromatic nitrogens is 1. The summed E-state index contributed by atoms with van der Waals surface area (Å²) in [6, 6.07) is 6.30. The second kappa shape index (κ2) is 11.2. The number of aliphatic hydroxyl groups is 1. The van der Waals surface area contributed by atoms with Gasteiger partial charge in [-0.05, 0) is 43.5 Å². The highest BCUT2D eigenvalue weighted by atomic mass is 16.5. The number of carbonyl (C=O) groups excluding carboxylic acids is 3. The van der Waals surface area contributed by atoms with Crippen LogP contribution in [0.15, 0.2) is 29.8 Å². The molecule has 0 unspecified atom stereocenters. The number of ketones is 1. The Balaban J connectivity index is 1.74. The maximum atomic E-state index is 13.4. The minimum atomic E-state index is -0.786. The van der Waals surface area contributed by atoms with E-state index in [0.717, 1.165) is 19.6 Å². The molecule has 4 rings (SSSR count). The third-order valence-electron chi connectivity index (χ3n) is 7.01. The summed E-state index contributed by atoms with van der Waals surface area (Å²) in [6.45, 7) is 7.47. The number of nitrogens with one attached hydrogen (secondary N) is 1. The van der Waals surface area contributed by atoms with Crippen LogP contribution >= 0.6 is 0 Å². The SMILES string of the molecule is COC(=O)c1[nH]c(C)c(C(O)=C2C(=O)C(=O)N(CCCN3CCOCC3)[C@H]2c2ccc(OC)cc2)c1C. The van der Waals surface area contributed by atoms with E-state index in [0.29, 0.717) is 54.3 Å². The van der Waals surface area contributed by atoms with Gasteiger partial charge in [-0.1, -0.05) is 12.1 Å². The van der Waals surface area contributed by atoms with E-state index < -0.39 is 23.7 Å². The lowest BCUT2D eigenvalue weighted by Gasteiger charge is -2.29. The molecule has 2 aromatic rings. The monoisotopic (exact) mass is 511 g/mol. The number of aryl methyl sites for hydroxylation is 1. The van der Waals surface area contributed by atoms with Crippen molar-refractivity contribution in [2.45, 2.75) is 26.3 Å². The molecule has 1 aromatic carbocycles. The number of benzene rings is 1. The van der Waals surface area contributed by atoms with Crippen molar-refractivity contribution in [3.63, 3.8) is 0 Å². The van der Waals surface area contributed by atoms with Gasteiger partial charge in [0.25, 0.3) is 11.7 Å². The zero-order valence-electron chi connectivity index (χ0n) is 21.6. The van der Waals surface area contributed by atoms with E-state index in [1.54, 1.807) is 45.2 Å². The Bertz CT molecular complexity index is 1210. The Hall–Kier alpha value is -3.63. The number of rotatable bonds is 8. The fourth-order valence-corrected chi connectivity index (χ4v) is 5.08. The topological polar surface area (TPSA) is 121 Å². The summed E-state index contributed by atoms with van der Waals surface area (Å²) in [5.74, 6) is -1.70. The molecular weight excluding hydrogens is 478 g/mol. The Kier molecular flexibility index (Phi) is 7.99. The van der Waals surface area contributed by atoms with Gasteiger partial charge in [-0.25, -0.2) is 4.79 Å². The molecule has 2 aliphatic rings. The van der Waals surface area contributed by atoms with Gasteiger partial charge in [0.1, 0.15) is 17.2 Å². The first-order valence-corrected chi connectivity index (χ1v) is 12.3. The highest BCUT2D eigenvalue weighted by Gasteiger charge is 2.46. The molecule has 0 radical (unpaired) electrons. The Morgan fingerprint density at radius 3 is 2.41 bits per heavy atom. The number of aromatic amines is 1. The number of hydrogen-bond donors (Lipinski definition) is 2. The van der Waals surface area contributed by atoms with Crippen molar-refractivity contribution < 1.29 is 33.7 Å². The molecule has 2 saturated heterocycles. The van der Waals surface area contributed by atoms with Crippen LogP contribution in [0.5, 0.6) is 5.75 Å². The molecular formula is C27H33N3O7. The van der Waals surface area contributed by atoms with Gasteiger partial charge in [-0.3, -0.25) is 14.5 Å². The van der Waals surface area contributed by atoms with Gasteiger partial charge in [0, 0.05) is 37.4 Å². The maximum absolute atomic E-state index is 13.4. The number of aliphatic hydroxyl groups excluding tert-OH is 1. The van der Waals surface area contributed by atoms with E-state index in [1.165, 1.54) is 12.0 Å². The molecule has 2 aliphatic heterocycles. The predicted molar refractivity (Wildman–Crippen MR) is 135 cm³/mol. The van der Waals surface area contributed by atoms with Gasteiger partial charge in [-0.15, -0.1) is 0 Å². The molecule has 198 valence electrons. The second-order valence-corrected chi connectivity index (χ2v) is 9.19. The normalized spacial score (nSPS) is 19.9. The van der Waals surface area contributed by atoms with Crippen LogP contribution in [0, 0.1) is 13.8 Å². The molecule has 3 heterocycles. The Labute approximate surface area is 215 Å². The lowest BCUT2D eigenvalue weighted by molar-refractivity contribution is -0.140. The summed E-state index contributed by atoms with van der Waals surface area (Å²) >= 11 is 0. The molecule has 1 atom stereocenters. The van der Waals surface area contributed by atoms with E-state index in [-0.39, 0.29) is 17.0 Å². The highest BCUT2D eigenvalue weighted by molar-refractivity contribution is 6.46. The van der Waals surface area contributed by atoms with Crippen LogP contribution in [0.3, 0.4) is 0 Å². The maximum Gasteiger partial charge on any atom is 0.354 e. The van der Waals surface area contributed by atoms with E-state index in [2.05, 4.69) is 9.88 Å². The molecule has 0 saturated carbocycles. The van der Waals surface area contributed by atoms with Crippen LogP contribution in [-0.2, 0) is 19.1 Å². The predicted octanol–water partition coefficient (Wildman–Crippen LogP) is 2.57. The summed E-state index contributed by atoms with van der Waals surface area (Å²) in [7, 11) is 2.83. The number of methoxy groups -OCH3 is 2. The number of H-pyrrole nitrogens is 1. The number of ether oxygens (including phenoxy) is 3. The third kappa shape index (κ3) is 5.12. The summed E-state index contributed by atoms with van der Waals surface area (Å²) in [5.41, 5.74) is 2.08. The van der Waals surface area contributed by atoms with Crippen molar-refractivity contribution in [3.8, 4) is 5.75 Å². The number of likely N-dealkylation sites (tertiary alicyclic amines) is 1. The van der Waals surface area contributed by atoms with Crippen molar-refractivity contribution in [1.29, 1.82) is 0 Å². The van der Waals surface area contributed by atoms with Crippen LogP contribution in [0.2, 0.25) is 0 Å². The van der Waals surface area contributed by atoms with E-state index in [9.17, 15) is 19.5 Å². The molecule has 1 amide bonds. The number of morpholine rings is 1. The molecule has 10 heteroatoms. The quantitative estimate of drug-likeness (QED) is 0.240. The first-order chi connectivity index (χ1) is 17.8. The average Bonchev–Trinajstić information content (AvgIpc) is 3.35. The minimum Gasteiger partial charge on any atom is -0.507 e. The van der Waals surface area contributed by atoms with Crippen molar-refractivity contribution in [2.24, 2.45) is 0 Å². The van der Waals surface area contributed by atoms with Crippen molar-refractivity contribution in [2.75, 3.05) is 53.6 Å². The molecule has 0 aliphatic carbocycles. The lowest BCUT2D eigenvalue weighted by atomic mass is 9.94. The zero-order chi connectivity index (χ0) is 26.7. The largest absolute Gasteiger partial charge is 0.507 e. The van der Waals surface area contributed by atoms with E-state index in [4.69, 9.17) is 14.2 Å². The van der Waals surface area contributed by atoms with Crippen LogP contribution in [-0.4, -0.2) is 91.2 Å². The van der Waals surface area contributed by atoms with Crippen LogP contribution < -0.4 is 4.74 Å². The fraction of sp³-hybridized carbons (Fsp3) is 0.444. The summed E-state index contributed by atoms with van der Waals surface area (Å²) < 4.78 is 15.5. The van der Waals surface area contributed by atoms with Crippen LogP contribution in [0.4, 0.5) is 0 Å². The van der Waals surface area contributed by atoms with Gasteiger partial charge in [0.2, 0.25) is 0 Å². The molecule has 1 aromatic heterocycles. The smallest absolute Gasteiger partial charge is 0.354 e. The van der Waals surface area contributed by atoms with Gasteiger partial charge in [0.05, 0.1) is 39.0 Å². The van der Waals surface area contributed by atoms with E-state index in [1.807, 2.05) is 0 Å². The standard InChI is InChI=1S/C27H33N3O7/c1-16-20(17(2)28-22(16)27(34)36-4)24(31)21-23(18-6-8-19(35-3)9-7-18)30(26(33)25(21)32)11-5-10-29-12-14-37-15-13-29/h6-9,23,28,31H,5,10-15H2,1-4H3/t23-/m0/s1. The summed E-state index contributed by atoms with van der Waals surface area (Å²) in [5, 5.41) is 11.5. The molecule has 0 bridgehead atoms. The third-order valence-corrected chi connectivity index (χ3v) is 7.01. The molecule has 0 spiro atoms. The lowest BCUT2D eigenvalue weighted by Crippen LogP contribution is -2.38. The average molecular weight is 512 g/mol. The summed E-state index contributed by atoms with van der Waals surface area (Å²) in [6.07, 6.45) is 0.661. The van der Waals surface area contributed by atoms with Crippen LogP contribution in [0.25, 0.3) is 5.76 Å². The number of hydrogen-bond acceptors (Lipinski definition) is 8. The van der Waals surface area contributed by atoms with Gasteiger partial charge >= 0.3 is 5.97 Å². The summed E-state index contributed by atoms with van der Waals surface area (Å²) in [4.78, 5) is 45.5. The molecule has 10 nitrogen and oxygen atoms in total. The number of Topliss-reactive ketones (excluding diaryl/α,β-unsaturated/α-hetero) is 1. The van der Waals surface area contributed by atoms with E-state index >= 15 is 0 Å². The molecule has 2 N–H and O–H groups in total. The minimum absolute atomic E-state index is 0.0110. The van der Waals surface area contributed by atoms with Crippen molar-refractivity contribution in [1.82, 2.24) is 14.8 Å². The second-order valence-electron chi connectivity index (χ2n) is 9.19. The number of carbonyl (C=O) groups is 3.